The predicted octanol–water partition coefficient (Wildman–Crippen LogP) is 4.57. The minimum atomic E-state index is -0.0748. The van der Waals surface area contributed by atoms with Crippen LogP contribution in [-0.2, 0) is 13.0 Å². The Balaban J connectivity index is 1.33. The number of amides is 1. The molecule has 0 radical (unpaired) electrons. The van der Waals surface area contributed by atoms with Gasteiger partial charge in [0, 0.05) is 37.5 Å². The fourth-order valence-electron chi connectivity index (χ4n) is 3.74. The van der Waals surface area contributed by atoms with Gasteiger partial charge in [-0.2, -0.15) is 0 Å². The van der Waals surface area contributed by atoms with E-state index in [1.54, 1.807) is 24.5 Å². The van der Waals surface area contributed by atoms with Crippen LogP contribution in [0.3, 0.4) is 0 Å². The Bertz CT molecular complexity index is 1170. The Morgan fingerprint density at radius 2 is 1.78 bits per heavy atom. The van der Waals surface area contributed by atoms with E-state index in [0.717, 1.165) is 54.0 Å². The molecule has 0 aliphatic rings. The lowest BCUT2D eigenvalue weighted by Gasteiger charge is -2.12. The highest BCUT2D eigenvalue weighted by atomic mass is 16.5. The summed E-state index contributed by atoms with van der Waals surface area (Å²) in [5.74, 6) is 1.91. The molecule has 0 atom stereocenters. The summed E-state index contributed by atoms with van der Waals surface area (Å²) in [6.07, 6.45) is 5.75. The molecule has 0 aliphatic carbocycles. The van der Waals surface area contributed by atoms with Crippen LogP contribution in [0.1, 0.15) is 34.6 Å². The monoisotopic (exact) mass is 428 g/mol. The fraction of sp³-hybridized carbons (Fsp3) is 0.269. The highest BCUT2D eigenvalue weighted by Crippen LogP contribution is 2.19. The van der Waals surface area contributed by atoms with Crippen molar-refractivity contribution in [2.24, 2.45) is 0 Å². The molecule has 0 spiro atoms. The topological polar surface area (TPSA) is 69.0 Å². The van der Waals surface area contributed by atoms with E-state index in [1.165, 1.54) is 0 Å². The number of para-hydroxylation sites is 3. The summed E-state index contributed by atoms with van der Waals surface area (Å²) >= 11 is 0. The first kappa shape index (κ1) is 21.6. The summed E-state index contributed by atoms with van der Waals surface area (Å²) in [5.41, 5.74) is 3.92. The molecule has 0 saturated carbocycles. The average Bonchev–Trinajstić information content (AvgIpc) is 3.18. The van der Waals surface area contributed by atoms with Crippen LogP contribution in [0.5, 0.6) is 5.75 Å². The minimum Gasteiger partial charge on any atom is -0.493 e. The van der Waals surface area contributed by atoms with E-state index < -0.39 is 0 Å². The van der Waals surface area contributed by atoms with Gasteiger partial charge in [-0.1, -0.05) is 30.3 Å². The number of hydrogen-bond acceptors (Lipinski definition) is 4. The molecule has 2 aromatic heterocycles. The lowest BCUT2D eigenvalue weighted by Crippen LogP contribution is -2.25. The van der Waals surface area contributed by atoms with E-state index in [4.69, 9.17) is 9.72 Å². The van der Waals surface area contributed by atoms with Crippen LogP contribution in [0.2, 0.25) is 0 Å². The Labute approximate surface area is 188 Å². The first-order valence-corrected chi connectivity index (χ1v) is 11.0. The predicted molar refractivity (Wildman–Crippen MR) is 126 cm³/mol. The number of carbonyl (C=O) groups is 1. The Morgan fingerprint density at radius 1 is 1.00 bits per heavy atom. The third kappa shape index (κ3) is 5.32. The fourth-order valence-corrected chi connectivity index (χ4v) is 3.74. The normalized spacial score (nSPS) is 10.9. The molecule has 6 nitrogen and oxygen atoms in total. The maximum absolute atomic E-state index is 12.2. The van der Waals surface area contributed by atoms with Crippen LogP contribution in [0.4, 0.5) is 0 Å². The van der Waals surface area contributed by atoms with Gasteiger partial charge in [0.25, 0.3) is 5.91 Å². The van der Waals surface area contributed by atoms with Gasteiger partial charge in [-0.05, 0) is 55.7 Å². The quantitative estimate of drug-likeness (QED) is 0.376. The summed E-state index contributed by atoms with van der Waals surface area (Å²) < 4.78 is 8.25. The van der Waals surface area contributed by atoms with E-state index in [0.29, 0.717) is 18.7 Å². The van der Waals surface area contributed by atoms with Crippen LogP contribution < -0.4 is 10.1 Å². The number of hydrogen-bond donors (Lipinski definition) is 1. The van der Waals surface area contributed by atoms with Crippen molar-refractivity contribution in [3.05, 3.63) is 90.0 Å². The summed E-state index contributed by atoms with van der Waals surface area (Å²) in [4.78, 5) is 21.0. The van der Waals surface area contributed by atoms with Gasteiger partial charge >= 0.3 is 0 Å². The van der Waals surface area contributed by atoms with Crippen molar-refractivity contribution in [1.82, 2.24) is 19.9 Å². The maximum Gasteiger partial charge on any atom is 0.251 e. The summed E-state index contributed by atoms with van der Waals surface area (Å²) in [7, 11) is 0. The lowest BCUT2D eigenvalue weighted by atomic mass is 10.2. The number of ether oxygens (including phenoxy) is 1. The zero-order valence-electron chi connectivity index (χ0n) is 18.3. The van der Waals surface area contributed by atoms with Crippen molar-refractivity contribution in [2.45, 2.75) is 32.7 Å². The van der Waals surface area contributed by atoms with Crippen molar-refractivity contribution in [3.8, 4) is 5.75 Å². The average molecular weight is 429 g/mol. The van der Waals surface area contributed by atoms with Crippen molar-refractivity contribution in [2.75, 3.05) is 13.2 Å². The molecule has 1 amide bonds. The van der Waals surface area contributed by atoms with Gasteiger partial charge in [-0.15, -0.1) is 0 Å². The molecule has 0 saturated heterocycles. The molecular weight excluding hydrogens is 400 g/mol. The van der Waals surface area contributed by atoms with Crippen LogP contribution in [0, 0.1) is 6.92 Å². The van der Waals surface area contributed by atoms with Crippen LogP contribution >= 0.6 is 0 Å². The molecule has 4 rings (SSSR count). The SMILES string of the molecule is Cc1ccccc1OCCCn1c(CCCNC(=O)c2ccncc2)nc2ccccc21. The van der Waals surface area contributed by atoms with Crippen molar-refractivity contribution in [1.29, 1.82) is 0 Å². The second-order valence-corrected chi connectivity index (χ2v) is 7.73. The number of nitrogens with zero attached hydrogens (tertiary/aromatic N) is 3. The van der Waals surface area contributed by atoms with E-state index in [1.807, 2.05) is 36.4 Å². The molecular formula is C26H28N4O2. The van der Waals surface area contributed by atoms with Crippen molar-refractivity contribution in [3.63, 3.8) is 0 Å². The molecule has 32 heavy (non-hydrogen) atoms. The molecule has 0 bridgehead atoms. The number of fused-ring (bicyclic) bond motifs is 1. The van der Waals surface area contributed by atoms with E-state index in [-0.39, 0.29) is 5.91 Å². The number of rotatable bonds is 10. The molecule has 0 fully saturated rings. The zero-order valence-corrected chi connectivity index (χ0v) is 18.3. The Hall–Kier alpha value is -3.67. The molecule has 2 heterocycles. The number of aromatic nitrogens is 3. The van der Waals surface area contributed by atoms with Gasteiger partial charge in [0.05, 0.1) is 17.6 Å². The molecule has 164 valence electrons. The largest absolute Gasteiger partial charge is 0.493 e. The molecule has 4 aromatic rings. The van der Waals surface area contributed by atoms with E-state index >= 15 is 0 Å². The van der Waals surface area contributed by atoms with E-state index in [9.17, 15) is 4.79 Å². The molecule has 1 N–H and O–H groups in total. The van der Waals surface area contributed by atoms with Gasteiger partial charge in [0.2, 0.25) is 0 Å². The van der Waals surface area contributed by atoms with Crippen molar-refractivity contribution >= 4 is 16.9 Å². The van der Waals surface area contributed by atoms with Crippen molar-refractivity contribution < 1.29 is 9.53 Å². The van der Waals surface area contributed by atoms with E-state index in [2.05, 4.69) is 33.9 Å². The number of imidazole rings is 1. The van der Waals surface area contributed by atoms with Gasteiger partial charge in [0.15, 0.2) is 0 Å². The highest BCUT2D eigenvalue weighted by molar-refractivity contribution is 5.93. The number of pyridine rings is 1. The second kappa shape index (κ2) is 10.6. The summed E-state index contributed by atoms with van der Waals surface area (Å²) in [5, 5.41) is 2.97. The third-order valence-electron chi connectivity index (χ3n) is 5.42. The van der Waals surface area contributed by atoms with Gasteiger partial charge < -0.3 is 14.6 Å². The van der Waals surface area contributed by atoms with Gasteiger partial charge in [0.1, 0.15) is 11.6 Å². The maximum atomic E-state index is 12.2. The standard InChI is InChI=1S/C26H28N4O2/c1-20-8-2-5-11-24(20)32-19-7-18-30-23-10-4-3-9-22(23)29-25(30)12-6-15-28-26(31)21-13-16-27-17-14-21/h2-5,8-11,13-14,16-17H,6-7,12,15,18-19H2,1H3,(H,28,31). The third-order valence-corrected chi connectivity index (χ3v) is 5.42. The van der Waals surface area contributed by atoms with Crippen LogP contribution in [0.15, 0.2) is 73.1 Å². The van der Waals surface area contributed by atoms with Gasteiger partial charge in [-0.25, -0.2) is 4.98 Å². The molecule has 0 aliphatic heterocycles. The minimum absolute atomic E-state index is 0.0748. The number of carbonyl (C=O) groups excluding carboxylic acids is 1. The molecule has 0 unspecified atom stereocenters. The van der Waals surface area contributed by atoms with Crippen LogP contribution in [0.25, 0.3) is 11.0 Å². The Morgan fingerprint density at radius 3 is 2.62 bits per heavy atom. The number of aryl methyl sites for hydroxylation is 3. The summed E-state index contributed by atoms with van der Waals surface area (Å²) in [6.45, 7) is 4.15. The smallest absolute Gasteiger partial charge is 0.251 e. The number of benzene rings is 2. The first-order valence-electron chi connectivity index (χ1n) is 11.0. The number of nitrogens with one attached hydrogen (secondary N) is 1. The molecule has 2 aromatic carbocycles. The van der Waals surface area contributed by atoms with Crippen LogP contribution in [-0.4, -0.2) is 33.6 Å². The second-order valence-electron chi connectivity index (χ2n) is 7.73. The zero-order chi connectivity index (χ0) is 22.2. The summed E-state index contributed by atoms with van der Waals surface area (Å²) in [6, 6.07) is 19.7. The first-order chi connectivity index (χ1) is 15.7. The van der Waals surface area contributed by atoms with Gasteiger partial charge in [-0.3, -0.25) is 9.78 Å². The highest BCUT2D eigenvalue weighted by Gasteiger charge is 2.11. The Kier molecular flexibility index (Phi) is 7.12. The lowest BCUT2D eigenvalue weighted by molar-refractivity contribution is 0.0953. The molecule has 6 heteroatoms.